The van der Waals surface area contributed by atoms with Crippen molar-refractivity contribution < 1.29 is 0 Å². The van der Waals surface area contributed by atoms with Gasteiger partial charge in [-0.15, -0.1) is 0 Å². The van der Waals surface area contributed by atoms with Crippen molar-refractivity contribution in [2.45, 2.75) is 25.3 Å². The van der Waals surface area contributed by atoms with Gasteiger partial charge in [-0.3, -0.25) is 0 Å². The Kier molecular flexibility index (Phi) is 2.66. The molecule has 0 amide bonds. The van der Waals surface area contributed by atoms with Crippen LogP contribution in [0, 0.1) is 11.3 Å². The van der Waals surface area contributed by atoms with Crippen molar-refractivity contribution >= 4 is 0 Å². The van der Waals surface area contributed by atoms with Gasteiger partial charge in [0.15, 0.2) is 0 Å². The summed E-state index contributed by atoms with van der Waals surface area (Å²) in [6.07, 6.45) is 5.38. The highest BCUT2D eigenvalue weighted by Crippen LogP contribution is 2.30. The van der Waals surface area contributed by atoms with Gasteiger partial charge in [0.25, 0.3) is 0 Å². The SMILES string of the molecule is N#Cc1ccc(-n2ccc3c2CCCC3N)cc1. The second kappa shape index (κ2) is 4.32. The Morgan fingerprint density at radius 1 is 1.22 bits per heavy atom. The molecule has 1 aromatic heterocycles. The first-order chi connectivity index (χ1) is 8.79. The smallest absolute Gasteiger partial charge is 0.0991 e. The second-order valence-corrected chi connectivity index (χ2v) is 4.75. The molecule has 3 heteroatoms. The molecule has 1 heterocycles. The maximum absolute atomic E-state index is 8.81. The number of benzene rings is 1. The molecule has 2 aromatic rings. The zero-order valence-electron chi connectivity index (χ0n) is 10.1. The van der Waals surface area contributed by atoms with Gasteiger partial charge >= 0.3 is 0 Å². The maximum Gasteiger partial charge on any atom is 0.0991 e. The Morgan fingerprint density at radius 3 is 2.72 bits per heavy atom. The predicted octanol–water partition coefficient (Wildman–Crippen LogP) is 2.69. The average Bonchev–Trinajstić information content (AvgIpc) is 2.84. The Balaban J connectivity index is 2.04. The number of aromatic nitrogens is 1. The Hall–Kier alpha value is -2.05. The minimum atomic E-state index is 0.174. The molecule has 90 valence electrons. The fraction of sp³-hybridized carbons (Fsp3) is 0.267. The predicted molar refractivity (Wildman–Crippen MR) is 70.4 cm³/mol. The van der Waals surface area contributed by atoms with Gasteiger partial charge in [0.2, 0.25) is 0 Å². The zero-order valence-corrected chi connectivity index (χ0v) is 10.1. The summed E-state index contributed by atoms with van der Waals surface area (Å²) in [4.78, 5) is 0. The van der Waals surface area contributed by atoms with Gasteiger partial charge < -0.3 is 10.3 Å². The molecule has 0 aliphatic heterocycles. The lowest BCUT2D eigenvalue weighted by molar-refractivity contribution is 0.560. The third kappa shape index (κ3) is 1.71. The molecule has 0 radical (unpaired) electrons. The molecule has 1 aromatic carbocycles. The Bertz CT molecular complexity index is 602. The molecular formula is C15H15N3. The molecule has 1 aliphatic rings. The highest BCUT2D eigenvalue weighted by Gasteiger charge is 2.20. The van der Waals surface area contributed by atoms with Gasteiger partial charge in [-0.2, -0.15) is 5.26 Å². The summed E-state index contributed by atoms with van der Waals surface area (Å²) in [6.45, 7) is 0. The minimum absolute atomic E-state index is 0.174. The summed E-state index contributed by atoms with van der Waals surface area (Å²) in [7, 11) is 0. The van der Waals surface area contributed by atoms with E-state index >= 15 is 0 Å². The molecule has 0 fully saturated rings. The topological polar surface area (TPSA) is 54.7 Å². The van der Waals surface area contributed by atoms with Gasteiger partial charge in [-0.05, 0) is 55.2 Å². The normalized spacial score (nSPS) is 18.1. The number of nitriles is 1. The number of rotatable bonds is 1. The molecule has 1 aliphatic carbocycles. The zero-order chi connectivity index (χ0) is 12.5. The van der Waals surface area contributed by atoms with Gasteiger partial charge in [-0.1, -0.05) is 0 Å². The molecule has 18 heavy (non-hydrogen) atoms. The van der Waals surface area contributed by atoms with Gasteiger partial charge in [0.05, 0.1) is 11.6 Å². The van der Waals surface area contributed by atoms with Gasteiger partial charge in [0, 0.05) is 23.6 Å². The summed E-state index contributed by atoms with van der Waals surface area (Å²) in [5, 5.41) is 8.81. The average molecular weight is 237 g/mol. The molecule has 3 nitrogen and oxygen atoms in total. The first kappa shape index (κ1) is 11.1. The van der Waals surface area contributed by atoms with Crippen LogP contribution in [0.4, 0.5) is 0 Å². The third-order valence-electron chi connectivity index (χ3n) is 3.63. The quantitative estimate of drug-likeness (QED) is 0.829. The van der Waals surface area contributed by atoms with Crippen molar-refractivity contribution in [3.63, 3.8) is 0 Å². The Morgan fingerprint density at radius 2 is 2.00 bits per heavy atom. The summed E-state index contributed by atoms with van der Waals surface area (Å²) in [5.74, 6) is 0. The van der Waals surface area contributed by atoms with Crippen LogP contribution in [0.25, 0.3) is 5.69 Å². The molecule has 2 N–H and O–H groups in total. The molecule has 0 saturated heterocycles. The summed E-state index contributed by atoms with van der Waals surface area (Å²) in [5.41, 5.74) is 10.5. The first-order valence-corrected chi connectivity index (χ1v) is 6.26. The number of nitrogens with zero attached hydrogens (tertiary/aromatic N) is 2. The van der Waals surface area contributed by atoms with Gasteiger partial charge in [0.1, 0.15) is 0 Å². The van der Waals surface area contributed by atoms with Crippen LogP contribution in [0.2, 0.25) is 0 Å². The summed E-state index contributed by atoms with van der Waals surface area (Å²) >= 11 is 0. The molecule has 0 spiro atoms. The highest BCUT2D eigenvalue weighted by molar-refractivity contribution is 5.43. The molecule has 1 unspecified atom stereocenters. The van der Waals surface area contributed by atoms with Crippen LogP contribution in [-0.2, 0) is 6.42 Å². The van der Waals surface area contributed by atoms with E-state index in [0.29, 0.717) is 5.56 Å². The number of hydrogen-bond acceptors (Lipinski definition) is 2. The van der Waals surface area contributed by atoms with E-state index in [0.717, 1.165) is 24.9 Å². The molecular weight excluding hydrogens is 222 g/mol. The summed E-state index contributed by atoms with van der Waals surface area (Å²) in [6, 6.07) is 12.1. The van der Waals surface area contributed by atoms with Crippen LogP contribution in [0.1, 0.15) is 35.7 Å². The van der Waals surface area contributed by atoms with Crippen LogP contribution in [0.5, 0.6) is 0 Å². The van der Waals surface area contributed by atoms with Gasteiger partial charge in [-0.25, -0.2) is 0 Å². The van der Waals surface area contributed by atoms with Crippen molar-refractivity contribution in [2.75, 3.05) is 0 Å². The van der Waals surface area contributed by atoms with Crippen molar-refractivity contribution in [3.05, 3.63) is 53.3 Å². The van der Waals surface area contributed by atoms with Crippen LogP contribution in [0.3, 0.4) is 0 Å². The van der Waals surface area contributed by atoms with E-state index in [2.05, 4.69) is 22.9 Å². The maximum atomic E-state index is 8.81. The number of nitrogens with two attached hydrogens (primary N) is 1. The number of fused-ring (bicyclic) bond motifs is 1. The first-order valence-electron chi connectivity index (χ1n) is 6.26. The van der Waals surface area contributed by atoms with E-state index in [1.165, 1.54) is 11.3 Å². The highest BCUT2D eigenvalue weighted by atomic mass is 15.0. The van der Waals surface area contributed by atoms with E-state index in [9.17, 15) is 0 Å². The standard InChI is InChI=1S/C15H15N3/c16-10-11-4-6-12(7-5-11)18-9-8-13-14(17)2-1-3-15(13)18/h4-9,14H,1-3,17H2. The van der Waals surface area contributed by atoms with Crippen LogP contribution >= 0.6 is 0 Å². The fourth-order valence-corrected chi connectivity index (χ4v) is 2.67. The lowest BCUT2D eigenvalue weighted by Crippen LogP contribution is -2.17. The van der Waals surface area contributed by atoms with Crippen molar-refractivity contribution in [1.29, 1.82) is 5.26 Å². The largest absolute Gasteiger partial charge is 0.324 e. The van der Waals surface area contributed by atoms with E-state index in [4.69, 9.17) is 11.0 Å². The van der Waals surface area contributed by atoms with Crippen molar-refractivity contribution in [3.8, 4) is 11.8 Å². The monoisotopic (exact) mass is 237 g/mol. The second-order valence-electron chi connectivity index (χ2n) is 4.75. The van der Waals surface area contributed by atoms with Crippen molar-refractivity contribution in [2.24, 2.45) is 5.73 Å². The lowest BCUT2D eigenvalue weighted by atomic mass is 9.93. The number of hydrogen-bond donors (Lipinski definition) is 1. The molecule has 0 saturated carbocycles. The van der Waals surface area contributed by atoms with E-state index in [1.807, 2.05) is 24.3 Å². The minimum Gasteiger partial charge on any atom is -0.324 e. The van der Waals surface area contributed by atoms with E-state index in [1.54, 1.807) is 0 Å². The van der Waals surface area contributed by atoms with Crippen LogP contribution < -0.4 is 5.73 Å². The molecule has 3 rings (SSSR count). The third-order valence-corrected chi connectivity index (χ3v) is 3.63. The van der Waals surface area contributed by atoms with Crippen LogP contribution in [-0.4, -0.2) is 4.57 Å². The molecule has 0 bridgehead atoms. The fourth-order valence-electron chi connectivity index (χ4n) is 2.67. The van der Waals surface area contributed by atoms with Crippen molar-refractivity contribution in [1.82, 2.24) is 4.57 Å². The lowest BCUT2D eigenvalue weighted by Gasteiger charge is -2.21. The Labute approximate surface area is 106 Å². The summed E-state index contributed by atoms with van der Waals surface area (Å²) < 4.78 is 2.19. The molecule has 1 atom stereocenters. The van der Waals surface area contributed by atoms with E-state index < -0.39 is 0 Å². The van der Waals surface area contributed by atoms with Crippen LogP contribution in [0.15, 0.2) is 36.5 Å². The van der Waals surface area contributed by atoms with E-state index in [-0.39, 0.29) is 6.04 Å².